The van der Waals surface area contributed by atoms with Gasteiger partial charge in [-0.15, -0.1) is 5.10 Å². The molecule has 3 N–H and O–H groups in total. The second kappa shape index (κ2) is 10.3. The first-order valence-electron chi connectivity index (χ1n) is 9.61. The minimum absolute atomic E-state index is 0.00632. The summed E-state index contributed by atoms with van der Waals surface area (Å²) in [5.74, 6) is -0.554. The number of nitrogens with zero attached hydrogens (tertiary/aromatic N) is 2. The van der Waals surface area contributed by atoms with Gasteiger partial charge in [-0.1, -0.05) is 36.9 Å². The number of nitrogens with one attached hydrogen (secondary N) is 3. The molecule has 1 aromatic carbocycles. The quantitative estimate of drug-likeness (QED) is 0.525. The number of para-hydroxylation sites is 1. The maximum absolute atomic E-state index is 12.1. The van der Waals surface area contributed by atoms with Crippen LogP contribution in [0, 0.1) is 0 Å². The van der Waals surface area contributed by atoms with Gasteiger partial charge in [0.15, 0.2) is 5.16 Å². The third-order valence-electron chi connectivity index (χ3n) is 4.58. The summed E-state index contributed by atoms with van der Waals surface area (Å²) in [6, 6.07) is 7.55. The molecule has 2 heterocycles. The van der Waals surface area contributed by atoms with Crippen LogP contribution in [0.4, 0.5) is 5.69 Å². The largest absolute Gasteiger partial charge is 0.376 e. The number of ether oxygens (including phenoxy) is 1. The van der Waals surface area contributed by atoms with Crippen molar-refractivity contribution < 1.29 is 14.3 Å². The van der Waals surface area contributed by atoms with Crippen LogP contribution in [0.2, 0.25) is 0 Å². The first-order chi connectivity index (χ1) is 14.1. The summed E-state index contributed by atoms with van der Waals surface area (Å²) in [7, 11) is 0. The summed E-state index contributed by atoms with van der Waals surface area (Å²) >= 11 is 1.14. The molecular formula is C19H25N5O4S. The molecule has 0 radical (unpaired) electrons. The first kappa shape index (κ1) is 21.1. The summed E-state index contributed by atoms with van der Waals surface area (Å²) in [5, 5.41) is 12.2. The number of aryl methyl sites for hydroxylation is 1. The van der Waals surface area contributed by atoms with Crippen LogP contribution < -0.4 is 16.3 Å². The summed E-state index contributed by atoms with van der Waals surface area (Å²) < 4.78 is 7.05. The molecule has 0 spiro atoms. The number of carbonyl (C=O) groups is 2. The smallest absolute Gasteiger partial charge is 0.344 e. The molecule has 1 aliphatic rings. The highest BCUT2D eigenvalue weighted by Crippen LogP contribution is 2.18. The van der Waals surface area contributed by atoms with Gasteiger partial charge in [0.1, 0.15) is 0 Å². The Hall–Kier alpha value is -2.59. The average molecular weight is 420 g/mol. The highest BCUT2D eigenvalue weighted by atomic mass is 32.2. The van der Waals surface area contributed by atoms with E-state index in [1.165, 1.54) is 4.57 Å². The number of aromatic nitrogens is 3. The Balaban J connectivity index is 1.45. The molecule has 9 nitrogen and oxygen atoms in total. The van der Waals surface area contributed by atoms with Gasteiger partial charge in [-0.3, -0.25) is 14.2 Å². The van der Waals surface area contributed by atoms with Gasteiger partial charge in [0, 0.05) is 12.3 Å². The maximum atomic E-state index is 12.1. The van der Waals surface area contributed by atoms with Crippen LogP contribution in [0.25, 0.3) is 0 Å². The van der Waals surface area contributed by atoms with Crippen LogP contribution in [0.1, 0.15) is 25.3 Å². The fourth-order valence-corrected chi connectivity index (χ4v) is 3.86. The molecule has 1 fully saturated rings. The molecule has 29 heavy (non-hydrogen) atoms. The standard InChI is InChI=1S/C19H25N5O4S/c1-2-13-6-3-4-8-15(13)21-16(25)10-20-17(26)12-29-19-23-22-18(27)24(19)11-14-7-5-9-28-14/h3-4,6,8,14H,2,5,7,9-12H2,1H3,(H,20,26)(H,21,25)(H,22,27)/t14-/m0/s1. The van der Waals surface area contributed by atoms with Gasteiger partial charge in [0.25, 0.3) is 0 Å². The van der Waals surface area contributed by atoms with Crippen LogP contribution in [0.5, 0.6) is 0 Å². The van der Waals surface area contributed by atoms with Crippen molar-refractivity contribution >= 4 is 29.3 Å². The molecular weight excluding hydrogens is 394 g/mol. The van der Waals surface area contributed by atoms with Crippen LogP contribution in [0.3, 0.4) is 0 Å². The molecule has 2 amide bonds. The van der Waals surface area contributed by atoms with Gasteiger partial charge in [-0.2, -0.15) is 0 Å². The summed E-state index contributed by atoms with van der Waals surface area (Å²) in [4.78, 5) is 36.1. The fraction of sp³-hybridized carbons (Fsp3) is 0.474. The predicted molar refractivity (Wildman–Crippen MR) is 110 cm³/mol. The Bertz CT molecular complexity index is 904. The highest BCUT2D eigenvalue weighted by Gasteiger charge is 2.20. The van der Waals surface area contributed by atoms with Crippen molar-refractivity contribution in [2.45, 2.75) is 44.0 Å². The summed E-state index contributed by atoms with van der Waals surface area (Å²) in [5.41, 5.74) is 1.46. The van der Waals surface area contributed by atoms with Crippen LogP contribution >= 0.6 is 11.8 Å². The summed E-state index contributed by atoms with van der Waals surface area (Å²) in [6.45, 7) is 3.00. The molecule has 0 aliphatic carbocycles. The van der Waals surface area contributed by atoms with E-state index in [0.717, 1.165) is 42.3 Å². The maximum Gasteiger partial charge on any atom is 0.344 e. The molecule has 0 bridgehead atoms. The second-order valence-corrected chi connectivity index (χ2v) is 7.62. The Morgan fingerprint density at radius 1 is 1.34 bits per heavy atom. The van der Waals surface area contributed by atoms with Crippen molar-refractivity contribution in [3.63, 3.8) is 0 Å². The molecule has 3 rings (SSSR count). The number of carbonyl (C=O) groups excluding carboxylic acids is 2. The number of anilines is 1. The topological polar surface area (TPSA) is 118 Å². The molecule has 2 aromatic rings. The Kier molecular flexibility index (Phi) is 7.48. The average Bonchev–Trinajstić information content (AvgIpc) is 3.36. The van der Waals surface area contributed by atoms with E-state index in [0.29, 0.717) is 18.3 Å². The van der Waals surface area contributed by atoms with E-state index in [9.17, 15) is 14.4 Å². The van der Waals surface area contributed by atoms with Crippen molar-refractivity contribution in [3.8, 4) is 0 Å². The molecule has 0 saturated carbocycles. The monoisotopic (exact) mass is 419 g/mol. The van der Waals surface area contributed by atoms with E-state index in [1.54, 1.807) is 0 Å². The van der Waals surface area contributed by atoms with Crippen molar-refractivity contribution in [3.05, 3.63) is 40.3 Å². The lowest BCUT2D eigenvalue weighted by Crippen LogP contribution is -2.34. The lowest BCUT2D eigenvalue weighted by Gasteiger charge is -2.11. The number of thioether (sulfide) groups is 1. The van der Waals surface area contributed by atoms with E-state index in [-0.39, 0.29) is 35.9 Å². The van der Waals surface area contributed by atoms with E-state index in [1.807, 2.05) is 31.2 Å². The number of rotatable bonds is 9. The van der Waals surface area contributed by atoms with Gasteiger partial charge < -0.3 is 15.4 Å². The van der Waals surface area contributed by atoms with Crippen molar-refractivity contribution in [2.75, 3.05) is 24.2 Å². The number of benzene rings is 1. The number of amides is 2. The zero-order chi connectivity index (χ0) is 20.6. The van der Waals surface area contributed by atoms with Gasteiger partial charge in [-0.25, -0.2) is 9.89 Å². The fourth-order valence-electron chi connectivity index (χ4n) is 3.07. The Morgan fingerprint density at radius 3 is 2.93 bits per heavy atom. The lowest BCUT2D eigenvalue weighted by atomic mass is 10.1. The normalized spacial score (nSPS) is 16.0. The van der Waals surface area contributed by atoms with E-state index >= 15 is 0 Å². The van der Waals surface area contributed by atoms with Crippen molar-refractivity contribution in [2.24, 2.45) is 0 Å². The minimum Gasteiger partial charge on any atom is -0.376 e. The zero-order valence-corrected chi connectivity index (χ0v) is 17.1. The van der Waals surface area contributed by atoms with Crippen LogP contribution in [0.15, 0.2) is 34.2 Å². The minimum atomic E-state index is -0.322. The molecule has 1 aromatic heterocycles. The van der Waals surface area contributed by atoms with Gasteiger partial charge >= 0.3 is 5.69 Å². The SMILES string of the molecule is CCc1ccccc1NC(=O)CNC(=O)CSc1n[nH]c(=O)n1C[C@@H]1CCCO1. The second-order valence-electron chi connectivity index (χ2n) is 6.68. The van der Waals surface area contributed by atoms with E-state index in [4.69, 9.17) is 4.74 Å². The molecule has 1 saturated heterocycles. The number of H-pyrrole nitrogens is 1. The number of hydrogen-bond donors (Lipinski definition) is 3. The Labute approximate surface area is 172 Å². The third kappa shape index (κ3) is 5.94. The molecule has 156 valence electrons. The molecule has 1 atom stereocenters. The molecule has 0 unspecified atom stereocenters. The lowest BCUT2D eigenvalue weighted by molar-refractivity contribution is -0.122. The summed E-state index contributed by atoms with van der Waals surface area (Å²) in [6.07, 6.45) is 2.68. The van der Waals surface area contributed by atoms with Gasteiger partial charge in [-0.05, 0) is 30.9 Å². The van der Waals surface area contributed by atoms with Crippen molar-refractivity contribution in [1.82, 2.24) is 20.1 Å². The van der Waals surface area contributed by atoms with E-state index in [2.05, 4.69) is 20.8 Å². The van der Waals surface area contributed by atoms with Crippen molar-refractivity contribution in [1.29, 1.82) is 0 Å². The third-order valence-corrected chi connectivity index (χ3v) is 5.56. The Morgan fingerprint density at radius 2 is 2.17 bits per heavy atom. The molecule has 1 aliphatic heterocycles. The predicted octanol–water partition coefficient (Wildman–Crippen LogP) is 1.16. The molecule has 10 heteroatoms. The van der Waals surface area contributed by atoms with E-state index < -0.39 is 0 Å². The highest BCUT2D eigenvalue weighted by molar-refractivity contribution is 7.99. The zero-order valence-electron chi connectivity index (χ0n) is 16.3. The first-order valence-corrected chi connectivity index (χ1v) is 10.6. The number of hydrogen-bond acceptors (Lipinski definition) is 6. The van der Waals surface area contributed by atoms with Gasteiger partial charge in [0.05, 0.1) is 24.9 Å². The number of aromatic amines is 1. The van der Waals surface area contributed by atoms with Crippen LogP contribution in [-0.2, 0) is 27.3 Å². The van der Waals surface area contributed by atoms with Crippen LogP contribution in [-0.4, -0.2) is 51.6 Å². The van der Waals surface area contributed by atoms with Gasteiger partial charge in [0.2, 0.25) is 11.8 Å².